The number of nitrogens with zero attached hydrogens (tertiary/aromatic N) is 2. The molecule has 0 radical (unpaired) electrons. The van der Waals surface area contributed by atoms with Crippen molar-refractivity contribution in [2.24, 2.45) is 11.8 Å². The lowest BCUT2D eigenvalue weighted by Crippen LogP contribution is -2.40. The normalized spacial score (nSPS) is 20.1. The summed E-state index contributed by atoms with van der Waals surface area (Å²) >= 11 is 1.44. The average molecular weight is 416 g/mol. The maximum atomic E-state index is 12.4. The van der Waals surface area contributed by atoms with Crippen LogP contribution in [-0.4, -0.2) is 47.3 Å². The second-order valence-corrected chi connectivity index (χ2v) is 9.32. The number of carbonyl (C=O) groups is 1. The first kappa shape index (κ1) is 21.9. The third-order valence-electron chi connectivity index (χ3n) is 5.57. The summed E-state index contributed by atoms with van der Waals surface area (Å²) in [6.45, 7) is 11.3. The lowest BCUT2D eigenvalue weighted by molar-refractivity contribution is -0.118. The van der Waals surface area contributed by atoms with Gasteiger partial charge in [-0.3, -0.25) is 9.59 Å². The minimum Gasteiger partial charge on any atom is -0.355 e. The predicted molar refractivity (Wildman–Crippen MR) is 122 cm³/mol. The van der Waals surface area contributed by atoms with Gasteiger partial charge in [-0.25, -0.2) is 0 Å². The highest BCUT2D eigenvalue weighted by atomic mass is 32.2. The monoisotopic (exact) mass is 415 g/mol. The van der Waals surface area contributed by atoms with E-state index in [1.807, 2.05) is 31.2 Å². The smallest absolute Gasteiger partial charge is 0.252 e. The topological polar surface area (TPSA) is 54.3 Å². The SMILES string of the molecule is CCn1c(=O)cc(SCC(=O)NCCCN2C[C@H](C)C[C@@H](C)C2)c2ccccc21. The number of thioether (sulfide) groups is 1. The number of hydrogen-bond donors (Lipinski definition) is 1. The van der Waals surface area contributed by atoms with Gasteiger partial charge in [0, 0.05) is 42.5 Å². The van der Waals surface area contributed by atoms with Crippen molar-refractivity contribution in [2.75, 3.05) is 31.9 Å². The predicted octanol–water partition coefficient (Wildman–Crippen LogP) is 3.60. The van der Waals surface area contributed by atoms with Gasteiger partial charge >= 0.3 is 0 Å². The van der Waals surface area contributed by atoms with Crippen LogP contribution in [0.15, 0.2) is 40.0 Å². The number of aryl methyl sites for hydroxylation is 1. The first-order valence-corrected chi connectivity index (χ1v) is 11.7. The second-order valence-electron chi connectivity index (χ2n) is 8.31. The molecule has 0 bridgehead atoms. The lowest BCUT2D eigenvalue weighted by atomic mass is 9.92. The number of benzene rings is 1. The number of fused-ring (bicyclic) bond motifs is 1. The summed E-state index contributed by atoms with van der Waals surface area (Å²) in [5.41, 5.74) is 0.912. The summed E-state index contributed by atoms with van der Waals surface area (Å²) in [5, 5.41) is 4.06. The van der Waals surface area contributed by atoms with Crippen LogP contribution in [0.5, 0.6) is 0 Å². The molecule has 3 rings (SSSR count). The van der Waals surface area contributed by atoms with Crippen LogP contribution in [0, 0.1) is 11.8 Å². The molecule has 0 unspecified atom stereocenters. The minimum atomic E-state index is -0.0147. The van der Waals surface area contributed by atoms with Crippen molar-refractivity contribution in [1.29, 1.82) is 0 Å². The molecule has 2 aromatic rings. The van der Waals surface area contributed by atoms with Crippen LogP contribution in [0.4, 0.5) is 0 Å². The Morgan fingerprint density at radius 2 is 1.93 bits per heavy atom. The molecule has 1 saturated heterocycles. The van der Waals surface area contributed by atoms with Gasteiger partial charge in [-0.2, -0.15) is 0 Å². The van der Waals surface area contributed by atoms with E-state index in [-0.39, 0.29) is 11.5 Å². The summed E-state index contributed by atoms with van der Waals surface area (Å²) in [4.78, 5) is 28.1. The first-order chi connectivity index (χ1) is 14.0. The van der Waals surface area contributed by atoms with E-state index < -0.39 is 0 Å². The van der Waals surface area contributed by atoms with Crippen molar-refractivity contribution in [3.8, 4) is 0 Å². The number of rotatable bonds is 8. The number of pyridine rings is 1. The molecule has 5 nitrogen and oxygen atoms in total. The van der Waals surface area contributed by atoms with Crippen LogP contribution in [0.25, 0.3) is 10.9 Å². The van der Waals surface area contributed by atoms with Gasteiger partial charge < -0.3 is 14.8 Å². The molecule has 0 spiro atoms. The molecule has 1 amide bonds. The van der Waals surface area contributed by atoms with Crippen molar-refractivity contribution in [1.82, 2.24) is 14.8 Å². The maximum absolute atomic E-state index is 12.4. The fraction of sp³-hybridized carbons (Fsp3) is 0.565. The van der Waals surface area contributed by atoms with Crippen molar-refractivity contribution in [3.05, 3.63) is 40.7 Å². The highest BCUT2D eigenvalue weighted by Crippen LogP contribution is 2.26. The van der Waals surface area contributed by atoms with Gasteiger partial charge in [-0.1, -0.05) is 32.0 Å². The lowest BCUT2D eigenvalue weighted by Gasteiger charge is -2.34. The number of nitrogens with one attached hydrogen (secondary N) is 1. The molecule has 1 N–H and O–H groups in total. The third kappa shape index (κ3) is 5.86. The Labute approximate surface area is 177 Å². The van der Waals surface area contributed by atoms with E-state index in [1.165, 1.54) is 31.3 Å². The zero-order valence-electron chi connectivity index (χ0n) is 17.8. The van der Waals surface area contributed by atoms with Gasteiger partial charge in [-0.05, 0) is 44.2 Å². The van der Waals surface area contributed by atoms with Crippen LogP contribution < -0.4 is 10.9 Å². The maximum Gasteiger partial charge on any atom is 0.252 e. The number of aromatic nitrogens is 1. The van der Waals surface area contributed by atoms with Crippen molar-refractivity contribution < 1.29 is 4.79 Å². The molecular weight excluding hydrogens is 382 g/mol. The zero-order chi connectivity index (χ0) is 20.8. The zero-order valence-corrected chi connectivity index (χ0v) is 18.6. The summed E-state index contributed by atoms with van der Waals surface area (Å²) < 4.78 is 1.77. The highest BCUT2D eigenvalue weighted by molar-refractivity contribution is 8.00. The van der Waals surface area contributed by atoms with E-state index in [2.05, 4.69) is 24.1 Å². The molecular formula is C23H33N3O2S. The van der Waals surface area contributed by atoms with E-state index in [9.17, 15) is 9.59 Å². The Balaban J connectivity index is 1.48. The molecule has 2 atom stereocenters. The Hall–Kier alpha value is -1.79. The quantitative estimate of drug-likeness (QED) is 0.529. The van der Waals surface area contributed by atoms with Crippen LogP contribution in [-0.2, 0) is 11.3 Å². The number of amides is 1. The van der Waals surface area contributed by atoms with E-state index >= 15 is 0 Å². The molecule has 0 saturated carbocycles. The Kier molecular flexibility index (Phi) is 7.78. The molecule has 1 aliphatic heterocycles. The van der Waals surface area contributed by atoms with Crippen molar-refractivity contribution in [2.45, 2.75) is 45.1 Å². The van der Waals surface area contributed by atoms with Gasteiger partial charge in [0.1, 0.15) is 0 Å². The van der Waals surface area contributed by atoms with Crippen molar-refractivity contribution in [3.63, 3.8) is 0 Å². The molecule has 6 heteroatoms. The summed E-state index contributed by atoms with van der Waals surface area (Å²) in [5.74, 6) is 1.89. The largest absolute Gasteiger partial charge is 0.355 e. The van der Waals surface area contributed by atoms with E-state index in [0.717, 1.165) is 40.6 Å². The fourth-order valence-corrected chi connectivity index (χ4v) is 5.35. The number of hydrogen-bond acceptors (Lipinski definition) is 4. The van der Waals surface area contributed by atoms with E-state index in [4.69, 9.17) is 0 Å². The Morgan fingerprint density at radius 1 is 1.21 bits per heavy atom. The van der Waals surface area contributed by atoms with E-state index in [0.29, 0.717) is 18.8 Å². The molecule has 1 aliphatic rings. The molecule has 1 fully saturated rings. The first-order valence-electron chi connectivity index (χ1n) is 10.7. The standard InChI is InChI=1S/C23H33N3O2S/c1-4-26-20-9-6-5-8-19(20)21(13-23(26)28)29-16-22(27)24-10-7-11-25-14-17(2)12-18(3)15-25/h5-6,8-9,13,17-18H,4,7,10-12,14-16H2,1-3H3,(H,24,27)/t17-,18-/m1/s1. The molecule has 29 heavy (non-hydrogen) atoms. The number of carbonyl (C=O) groups excluding carboxylic acids is 1. The van der Waals surface area contributed by atoms with Crippen LogP contribution in [0.2, 0.25) is 0 Å². The minimum absolute atomic E-state index is 0.0147. The number of likely N-dealkylation sites (tertiary alicyclic amines) is 1. The van der Waals surface area contributed by atoms with Gasteiger partial charge in [0.15, 0.2) is 0 Å². The molecule has 1 aromatic carbocycles. The van der Waals surface area contributed by atoms with Crippen LogP contribution in [0.3, 0.4) is 0 Å². The Bertz CT molecular complexity index is 885. The van der Waals surface area contributed by atoms with Gasteiger partial charge in [0.25, 0.3) is 5.56 Å². The Morgan fingerprint density at radius 3 is 2.66 bits per heavy atom. The molecule has 0 aliphatic carbocycles. The van der Waals surface area contributed by atoms with Gasteiger partial charge in [0.05, 0.1) is 11.3 Å². The highest BCUT2D eigenvalue weighted by Gasteiger charge is 2.21. The van der Waals surface area contributed by atoms with Gasteiger partial charge in [-0.15, -0.1) is 11.8 Å². The molecule has 1 aromatic heterocycles. The van der Waals surface area contributed by atoms with Crippen LogP contribution >= 0.6 is 11.8 Å². The van der Waals surface area contributed by atoms with E-state index in [1.54, 1.807) is 10.6 Å². The second kappa shape index (κ2) is 10.3. The average Bonchev–Trinajstić information content (AvgIpc) is 2.69. The fourth-order valence-electron chi connectivity index (χ4n) is 4.45. The summed E-state index contributed by atoms with van der Waals surface area (Å²) in [6.07, 6.45) is 2.30. The number of para-hydroxylation sites is 1. The number of piperidine rings is 1. The van der Waals surface area contributed by atoms with Gasteiger partial charge in [0.2, 0.25) is 5.91 Å². The molecule has 2 heterocycles. The molecule has 158 valence electrons. The van der Waals surface area contributed by atoms with Crippen molar-refractivity contribution >= 4 is 28.6 Å². The summed E-state index contributed by atoms with van der Waals surface area (Å²) in [6, 6.07) is 9.55. The third-order valence-corrected chi connectivity index (χ3v) is 6.63. The summed E-state index contributed by atoms with van der Waals surface area (Å²) in [7, 11) is 0. The van der Waals surface area contributed by atoms with Crippen LogP contribution in [0.1, 0.15) is 33.6 Å².